The maximum absolute atomic E-state index is 10.3. The first-order valence-electron chi connectivity index (χ1n) is 8.69. The van der Waals surface area contributed by atoms with Crippen molar-refractivity contribution in [2.24, 2.45) is 22.7 Å². The number of rotatable bonds is 4. The van der Waals surface area contributed by atoms with E-state index >= 15 is 0 Å². The number of allylic oxidation sites excluding steroid dienone is 2. The summed E-state index contributed by atoms with van der Waals surface area (Å²) in [5.41, 5.74) is 1.47. The fourth-order valence-corrected chi connectivity index (χ4v) is 4.89. The van der Waals surface area contributed by atoms with E-state index in [1.54, 1.807) is 11.6 Å². The maximum atomic E-state index is 10.3. The van der Waals surface area contributed by atoms with Crippen molar-refractivity contribution < 1.29 is 5.11 Å². The molecule has 21 heavy (non-hydrogen) atoms. The van der Waals surface area contributed by atoms with E-state index in [0.29, 0.717) is 5.41 Å². The summed E-state index contributed by atoms with van der Waals surface area (Å²) in [5.74, 6) is 1.55. The van der Waals surface area contributed by atoms with Crippen molar-refractivity contribution >= 4 is 0 Å². The molecule has 1 heteroatoms. The van der Waals surface area contributed by atoms with E-state index in [1.165, 1.54) is 25.7 Å². The Morgan fingerprint density at radius 1 is 1.43 bits per heavy atom. The van der Waals surface area contributed by atoms with Gasteiger partial charge in [-0.3, -0.25) is 0 Å². The lowest BCUT2D eigenvalue weighted by Crippen LogP contribution is -2.49. The Bertz CT molecular complexity index is 433. The van der Waals surface area contributed by atoms with Crippen LogP contribution in [-0.2, 0) is 0 Å². The molecule has 0 radical (unpaired) electrons. The first-order valence-corrected chi connectivity index (χ1v) is 8.69. The molecule has 0 amide bonds. The second-order valence-corrected chi connectivity index (χ2v) is 8.46. The van der Waals surface area contributed by atoms with Crippen LogP contribution in [0.3, 0.4) is 0 Å². The van der Waals surface area contributed by atoms with Gasteiger partial charge in [0.15, 0.2) is 0 Å². The zero-order valence-corrected chi connectivity index (χ0v) is 14.7. The number of hydrogen-bond acceptors (Lipinski definition) is 1. The molecule has 0 aromatic rings. The minimum atomic E-state index is -0.739. The Morgan fingerprint density at radius 3 is 2.71 bits per heavy atom. The minimum absolute atomic E-state index is 0.231. The van der Waals surface area contributed by atoms with Crippen LogP contribution in [0.25, 0.3) is 0 Å². The lowest BCUT2D eigenvalue weighted by Gasteiger charge is -2.57. The zero-order chi connectivity index (χ0) is 15.9. The summed E-state index contributed by atoms with van der Waals surface area (Å²) in [4.78, 5) is 0. The summed E-state index contributed by atoms with van der Waals surface area (Å²) < 4.78 is 0. The van der Waals surface area contributed by atoms with Crippen molar-refractivity contribution in [3.8, 4) is 0 Å². The molecule has 0 aliphatic heterocycles. The lowest BCUT2D eigenvalue weighted by atomic mass is 9.47. The quantitative estimate of drug-likeness (QED) is 0.678. The second kappa shape index (κ2) is 5.57. The molecule has 0 saturated heterocycles. The fraction of sp³-hybridized carbons (Fsp3) is 0.800. The normalized spacial score (nSPS) is 42.7. The molecule has 0 heterocycles. The zero-order valence-electron chi connectivity index (χ0n) is 14.7. The van der Waals surface area contributed by atoms with E-state index in [9.17, 15) is 5.11 Å². The van der Waals surface area contributed by atoms with Gasteiger partial charge in [0.25, 0.3) is 0 Å². The SMILES string of the molecule is C=CC(C)(O)CC[C@@]1(C)C(C)=CC[C@@]2(C)[C@@H](C)CCC[C@@H]21. The van der Waals surface area contributed by atoms with Crippen molar-refractivity contribution in [3.63, 3.8) is 0 Å². The van der Waals surface area contributed by atoms with Gasteiger partial charge in [0.2, 0.25) is 0 Å². The van der Waals surface area contributed by atoms with Crippen LogP contribution in [0, 0.1) is 22.7 Å². The van der Waals surface area contributed by atoms with Gasteiger partial charge in [0.1, 0.15) is 0 Å². The van der Waals surface area contributed by atoms with Crippen LogP contribution in [0.1, 0.15) is 73.1 Å². The Morgan fingerprint density at radius 2 is 2.10 bits per heavy atom. The van der Waals surface area contributed by atoms with Gasteiger partial charge in [0.05, 0.1) is 5.60 Å². The van der Waals surface area contributed by atoms with Gasteiger partial charge >= 0.3 is 0 Å². The van der Waals surface area contributed by atoms with Crippen LogP contribution >= 0.6 is 0 Å². The predicted octanol–water partition coefficient (Wildman–Crippen LogP) is 5.50. The van der Waals surface area contributed by atoms with Crippen molar-refractivity contribution in [2.75, 3.05) is 0 Å². The highest BCUT2D eigenvalue weighted by atomic mass is 16.3. The van der Waals surface area contributed by atoms with Gasteiger partial charge in [-0.15, -0.1) is 6.58 Å². The van der Waals surface area contributed by atoms with E-state index in [1.807, 2.05) is 6.92 Å². The Labute approximate surface area is 131 Å². The van der Waals surface area contributed by atoms with Crippen LogP contribution < -0.4 is 0 Å². The van der Waals surface area contributed by atoms with Crippen LogP contribution in [-0.4, -0.2) is 10.7 Å². The molecule has 2 aliphatic carbocycles. The van der Waals surface area contributed by atoms with Crippen molar-refractivity contribution in [1.82, 2.24) is 0 Å². The van der Waals surface area contributed by atoms with E-state index in [4.69, 9.17) is 0 Å². The molecule has 1 nitrogen and oxygen atoms in total. The topological polar surface area (TPSA) is 20.2 Å². The van der Waals surface area contributed by atoms with Crippen LogP contribution in [0.2, 0.25) is 0 Å². The summed E-state index contributed by atoms with van der Waals surface area (Å²) in [6, 6.07) is 0. The lowest BCUT2D eigenvalue weighted by molar-refractivity contribution is -0.0376. The largest absolute Gasteiger partial charge is 0.386 e. The molecule has 1 unspecified atom stereocenters. The molecule has 2 aliphatic rings. The van der Waals surface area contributed by atoms with Gasteiger partial charge in [-0.1, -0.05) is 51.3 Å². The van der Waals surface area contributed by atoms with Gasteiger partial charge < -0.3 is 5.11 Å². The summed E-state index contributed by atoms with van der Waals surface area (Å²) in [6.07, 6.45) is 11.4. The third-order valence-corrected chi connectivity index (χ3v) is 7.16. The molecule has 5 atom stereocenters. The van der Waals surface area contributed by atoms with Gasteiger partial charge in [-0.2, -0.15) is 0 Å². The molecular formula is C20H34O. The molecule has 0 aromatic carbocycles. The standard InChI is InChI=1S/C20H34O/c1-7-18(4,21)13-14-20(6)16(3)11-12-19(5)15(2)9-8-10-17(19)20/h7,11,15,17,21H,1,8-10,12-14H2,2-6H3/t15-,17-,18?,19-,20-/m0/s1. The average molecular weight is 290 g/mol. The van der Waals surface area contributed by atoms with E-state index in [-0.39, 0.29) is 5.41 Å². The van der Waals surface area contributed by atoms with E-state index in [2.05, 4.69) is 40.3 Å². The Balaban J connectivity index is 2.29. The number of fused-ring (bicyclic) bond motifs is 1. The van der Waals surface area contributed by atoms with Gasteiger partial charge in [0, 0.05) is 0 Å². The predicted molar refractivity (Wildman–Crippen MR) is 91.1 cm³/mol. The molecular weight excluding hydrogens is 256 g/mol. The minimum Gasteiger partial charge on any atom is -0.386 e. The fourth-order valence-electron chi connectivity index (χ4n) is 4.89. The maximum Gasteiger partial charge on any atom is 0.0797 e. The first-order chi connectivity index (χ1) is 9.66. The highest BCUT2D eigenvalue weighted by Crippen LogP contribution is 2.61. The second-order valence-electron chi connectivity index (χ2n) is 8.46. The Kier molecular flexibility index (Phi) is 4.46. The van der Waals surface area contributed by atoms with Gasteiger partial charge in [-0.05, 0) is 62.2 Å². The van der Waals surface area contributed by atoms with Crippen molar-refractivity contribution in [2.45, 2.75) is 78.7 Å². The first kappa shape index (κ1) is 16.8. The highest BCUT2D eigenvalue weighted by Gasteiger charge is 2.52. The van der Waals surface area contributed by atoms with Gasteiger partial charge in [-0.25, -0.2) is 0 Å². The number of aliphatic hydroxyl groups is 1. The van der Waals surface area contributed by atoms with E-state index in [0.717, 1.165) is 24.7 Å². The molecule has 1 fully saturated rings. The Hall–Kier alpha value is -0.560. The summed E-state index contributed by atoms with van der Waals surface area (Å²) >= 11 is 0. The van der Waals surface area contributed by atoms with E-state index < -0.39 is 5.60 Å². The molecule has 0 spiro atoms. The summed E-state index contributed by atoms with van der Waals surface area (Å²) in [7, 11) is 0. The molecule has 0 bridgehead atoms. The van der Waals surface area contributed by atoms with Crippen LogP contribution in [0.5, 0.6) is 0 Å². The highest BCUT2D eigenvalue weighted by molar-refractivity contribution is 5.22. The van der Waals surface area contributed by atoms with Crippen LogP contribution in [0.15, 0.2) is 24.3 Å². The molecule has 1 N–H and O–H groups in total. The molecule has 2 rings (SSSR count). The van der Waals surface area contributed by atoms with Crippen molar-refractivity contribution in [3.05, 3.63) is 24.3 Å². The average Bonchev–Trinajstić information content (AvgIpc) is 2.44. The summed E-state index contributed by atoms with van der Waals surface area (Å²) in [6.45, 7) is 15.4. The van der Waals surface area contributed by atoms with Crippen LogP contribution in [0.4, 0.5) is 0 Å². The monoisotopic (exact) mass is 290 g/mol. The molecule has 120 valence electrons. The third kappa shape index (κ3) is 2.86. The number of hydrogen-bond donors (Lipinski definition) is 1. The molecule has 0 aromatic heterocycles. The summed E-state index contributed by atoms with van der Waals surface area (Å²) in [5, 5.41) is 10.3. The molecule has 1 saturated carbocycles. The third-order valence-electron chi connectivity index (χ3n) is 7.16. The van der Waals surface area contributed by atoms with Crippen molar-refractivity contribution in [1.29, 1.82) is 0 Å². The smallest absolute Gasteiger partial charge is 0.0797 e.